The van der Waals surface area contributed by atoms with Crippen molar-refractivity contribution in [3.05, 3.63) is 23.9 Å². The summed E-state index contributed by atoms with van der Waals surface area (Å²) < 4.78 is 65.3. The Morgan fingerprint density at radius 2 is 1.87 bits per heavy atom. The van der Waals surface area contributed by atoms with Crippen LogP contribution in [0.4, 0.5) is 19.0 Å². The van der Waals surface area contributed by atoms with E-state index in [0.29, 0.717) is 18.7 Å². The summed E-state index contributed by atoms with van der Waals surface area (Å²) in [4.78, 5) is 18.1. The number of aromatic nitrogens is 1. The molecule has 2 atom stereocenters. The maximum Gasteiger partial charge on any atom is 0.417 e. The van der Waals surface area contributed by atoms with Crippen molar-refractivity contribution < 1.29 is 26.4 Å². The van der Waals surface area contributed by atoms with Crippen LogP contribution in [0.25, 0.3) is 0 Å². The fourth-order valence-electron chi connectivity index (χ4n) is 4.85. The number of halogens is 3. The minimum atomic E-state index is -4.46. The van der Waals surface area contributed by atoms with Gasteiger partial charge in [-0.1, -0.05) is 13.8 Å². The van der Waals surface area contributed by atoms with Crippen LogP contribution in [0.15, 0.2) is 18.3 Å². The Labute approximate surface area is 175 Å². The number of rotatable bonds is 7. The van der Waals surface area contributed by atoms with Gasteiger partial charge in [0.05, 0.1) is 11.3 Å². The van der Waals surface area contributed by atoms with E-state index in [1.807, 2.05) is 13.8 Å². The standard InChI is InChI=1S/C20H28F3N3O3S/c1-18(2)14-7-8-19(18,16(27)11-14)13-30(28,29)26(4)10-9-25(3)17-6-5-15(12-24-17)20(21,22)23/h5-6,12,14H,7-11,13H2,1-4H3/t14-,19-/m1/s1. The highest BCUT2D eigenvalue weighted by Crippen LogP contribution is 2.64. The first-order chi connectivity index (χ1) is 13.7. The van der Waals surface area contributed by atoms with E-state index in [1.165, 1.54) is 17.4 Å². The molecule has 0 aliphatic heterocycles. The molecular formula is C20H28F3N3O3S. The molecule has 1 aromatic rings. The number of carbonyl (C=O) groups is 1. The van der Waals surface area contributed by atoms with Crippen molar-refractivity contribution in [3.8, 4) is 0 Å². The molecule has 0 radical (unpaired) electrons. The van der Waals surface area contributed by atoms with Crippen LogP contribution in [0.3, 0.4) is 0 Å². The first-order valence-electron chi connectivity index (χ1n) is 9.92. The van der Waals surface area contributed by atoms with Gasteiger partial charge in [0.1, 0.15) is 11.6 Å². The lowest BCUT2D eigenvalue weighted by atomic mass is 9.70. The summed E-state index contributed by atoms with van der Waals surface area (Å²) >= 11 is 0. The topological polar surface area (TPSA) is 70.6 Å². The molecule has 10 heteroatoms. The Morgan fingerprint density at radius 1 is 1.20 bits per heavy atom. The number of hydrogen-bond acceptors (Lipinski definition) is 5. The minimum absolute atomic E-state index is 0.0480. The number of likely N-dealkylation sites (N-methyl/N-ethyl adjacent to an activating group) is 2. The van der Waals surface area contributed by atoms with Gasteiger partial charge in [-0.05, 0) is 36.3 Å². The molecule has 30 heavy (non-hydrogen) atoms. The molecule has 0 saturated heterocycles. The Morgan fingerprint density at radius 3 is 2.33 bits per heavy atom. The Hall–Kier alpha value is -1.68. The van der Waals surface area contributed by atoms with Crippen LogP contribution >= 0.6 is 0 Å². The summed E-state index contributed by atoms with van der Waals surface area (Å²) in [6.07, 6.45) is -1.76. The lowest BCUT2D eigenvalue weighted by Gasteiger charge is -2.37. The molecule has 3 rings (SSSR count). The van der Waals surface area contributed by atoms with Crippen molar-refractivity contribution in [2.24, 2.45) is 16.7 Å². The number of alkyl halides is 3. The van der Waals surface area contributed by atoms with E-state index in [1.54, 1.807) is 11.9 Å². The van der Waals surface area contributed by atoms with Gasteiger partial charge in [0.2, 0.25) is 10.0 Å². The maximum absolute atomic E-state index is 13.0. The summed E-state index contributed by atoms with van der Waals surface area (Å²) in [6.45, 7) is 4.38. The Balaban J connectivity index is 1.64. The highest BCUT2D eigenvalue weighted by molar-refractivity contribution is 7.89. The molecule has 2 aliphatic rings. The quantitative estimate of drug-likeness (QED) is 0.642. The van der Waals surface area contributed by atoms with Crippen molar-refractivity contribution >= 4 is 21.6 Å². The smallest absolute Gasteiger partial charge is 0.358 e. The summed E-state index contributed by atoms with van der Waals surface area (Å²) in [5.41, 5.74) is -2.00. The van der Waals surface area contributed by atoms with E-state index in [4.69, 9.17) is 0 Å². The lowest BCUT2D eigenvalue weighted by molar-refractivity contribution is -0.137. The van der Waals surface area contributed by atoms with Crippen molar-refractivity contribution in [2.45, 2.75) is 39.3 Å². The van der Waals surface area contributed by atoms with E-state index in [-0.39, 0.29) is 36.0 Å². The monoisotopic (exact) mass is 447 g/mol. The molecule has 0 N–H and O–H groups in total. The summed E-state index contributed by atoms with van der Waals surface area (Å²) in [7, 11) is -0.569. The molecule has 1 aromatic heterocycles. The maximum atomic E-state index is 13.0. The minimum Gasteiger partial charge on any atom is -0.358 e. The number of fused-ring (bicyclic) bond motifs is 2. The van der Waals surface area contributed by atoms with E-state index < -0.39 is 27.2 Å². The molecule has 2 saturated carbocycles. The molecule has 0 spiro atoms. The molecule has 0 amide bonds. The van der Waals surface area contributed by atoms with Crippen LogP contribution in [0.2, 0.25) is 0 Å². The van der Waals surface area contributed by atoms with Gasteiger partial charge < -0.3 is 4.90 Å². The van der Waals surface area contributed by atoms with Crippen LogP contribution in [0, 0.1) is 16.7 Å². The molecule has 6 nitrogen and oxygen atoms in total. The third-order valence-electron chi connectivity index (χ3n) is 7.26. The fourth-order valence-corrected chi connectivity index (χ4v) is 6.73. The molecule has 168 valence electrons. The van der Waals surface area contributed by atoms with Crippen molar-refractivity contribution in [1.29, 1.82) is 0 Å². The second kappa shape index (κ2) is 7.47. The van der Waals surface area contributed by atoms with Gasteiger partial charge in [-0.25, -0.2) is 17.7 Å². The average molecular weight is 448 g/mol. The number of anilines is 1. The van der Waals surface area contributed by atoms with Crippen LogP contribution in [0.5, 0.6) is 0 Å². The SMILES string of the molecule is CN(CCN(C)S(=O)(=O)C[C@]12CC[C@H](CC1=O)C2(C)C)c1ccc(C(F)(F)F)cn1. The lowest BCUT2D eigenvalue weighted by Crippen LogP contribution is -2.46. The predicted octanol–water partition coefficient (Wildman–Crippen LogP) is 3.19. The molecule has 2 aliphatic carbocycles. The van der Waals surface area contributed by atoms with Gasteiger partial charge in [-0.2, -0.15) is 13.2 Å². The van der Waals surface area contributed by atoms with Gasteiger partial charge in [-0.15, -0.1) is 0 Å². The molecule has 1 heterocycles. The van der Waals surface area contributed by atoms with E-state index >= 15 is 0 Å². The number of hydrogen-bond donors (Lipinski definition) is 0. The second-order valence-corrected chi connectivity index (χ2v) is 11.1. The molecule has 2 fully saturated rings. The number of sulfonamides is 1. The number of ketones is 1. The average Bonchev–Trinajstić information content (AvgIpc) is 2.99. The zero-order valence-corrected chi connectivity index (χ0v) is 18.5. The third kappa shape index (κ3) is 3.84. The summed E-state index contributed by atoms with van der Waals surface area (Å²) in [6, 6.07) is 2.21. The summed E-state index contributed by atoms with van der Waals surface area (Å²) in [5, 5.41) is 0. The van der Waals surface area contributed by atoms with Crippen LogP contribution in [0.1, 0.15) is 38.7 Å². The van der Waals surface area contributed by atoms with Crippen molar-refractivity contribution in [1.82, 2.24) is 9.29 Å². The van der Waals surface area contributed by atoms with Crippen LogP contribution in [-0.4, -0.2) is 56.4 Å². The largest absolute Gasteiger partial charge is 0.417 e. The highest BCUT2D eigenvalue weighted by Gasteiger charge is 2.65. The number of Topliss-reactive ketones (excluding diaryl/α,β-unsaturated/α-hetero) is 1. The Kier molecular flexibility index (Phi) is 5.73. The normalized spacial score (nSPS) is 25.9. The van der Waals surface area contributed by atoms with Gasteiger partial charge in [0.25, 0.3) is 0 Å². The van der Waals surface area contributed by atoms with E-state index in [2.05, 4.69) is 4.98 Å². The van der Waals surface area contributed by atoms with Crippen LogP contribution in [-0.2, 0) is 21.0 Å². The highest BCUT2D eigenvalue weighted by atomic mass is 32.2. The summed E-state index contributed by atoms with van der Waals surface area (Å²) in [5.74, 6) is 0.411. The van der Waals surface area contributed by atoms with Crippen LogP contribution < -0.4 is 4.90 Å². The predicted molar refractivity (Wildman–Crippen MR) is 107 cm³/mol. The second-order valence-electron chi connectivity index (χ2n) is 9.07. The van der Waals surface area contributed by atoms with Crippen molar-refractivity contribution in [3.63, 3.8) is 0 Å². The van der Waals surface area contributed by atoms with Gasteiger partial charge in [0, 0.05) is 45.2 Å². The van der Waals surface area contributed by atoms with Gasteiger partial charge in [-0.3, -0.25) is 4.79 Å². The number of pyridine rings is 1. The zero-order chi connectivity index (χ0) is 22.5. The first kappa shape index (κ1) is 23.0. The van der Waals surface area contributed by atoms with E-state index in [0.717, 1.165) is 18.7 Å². The van der Waals surface area contributed by atoms with Crippen molar-refractivity contribution in [2.75, 3.05) is 37.8 Å². The third-order valence-corrected chi connectivity index (χ3v) is 9.25. The fraction of sp³-hybridized carbons (Fsp3) is 0.700. The zero-order valence-electron chi connectivity index (χ0n) is 17.7. The first-order valence-corrected chi connectivity index (χ1v) is 11.5. The van der Waals surface area contributed by atoms with E-state index in [9.17, 15) is 26.4 Å². The number of nitrogens with zero attached hydrogens (tertiary/aromatic N) is 3. The Bertz CT molecular complexity index is 915. The number of carbonyl (C=O) groups excluding carboxylic acids is 1. The molecule has 2 bridgehead atoms. The van der Waals surface area contributed by atoms with Gasteiger partial charge in [0.15, 0.2) is 0 Å². The molecule has 0 aromatic carbocycles. The van der Waals surface area contributed by atoms with Gasteiger partial charge >= 0.3 is 6.18 Å². The molecule has 0 unspecified atom stereocenters. The molecular weight excluding hydrogens is 419 g/mol.